The van der Waals surface area contributed by atoms with Crippen molar-refractivity contribution in [2.75, 3.05) is 38.2 Å². The van der Waals surface area contributed by atoms with E-state index in [9.17, 15) is 4.79 Å². The first-order valence-electron chi connectivity index (χ1n) is 10.3. The average molecular weight is 444 g/mol. The van der Waals surface area contributed by atoms with Gasteiger partial charge in [0.15, 0.2) is 11.5 Å². The molecule has 0 radical (unpaired) electrons. The SMILES string of the molecule is COCc1nc(N2CCN(C(=O)NC(C)C)CC2)c2cnn(-c3ccccc3Cl)c2n1. The molecule has 0 unspecified atom stereocenters. The van der Waals surface area contributed by atoms with E-state index in [0.717, 1.165) is 16.9 Å². The minimum atomic E-state index is -0.0332. The van der Waals surface area contributed by atoms with E-state index >= 15 is 0 Å². The number of fused-ring (bicyclic) bond motifs is 1. The minimum Gasteiger partial charge on any atom is -0.377 e. The molecule has 0 bridgehead atoms. The van der Waals surface area contributed by atoms with E-state index in [-0.39, 0.29) is 18.7 Å². The molecule has 3 aromatic rings. The number of ether oxygens (including phenoxy) is 1. The van der Waals surface area contributed by atoms with Gasteiger partial charge in [0.1, 0.15) is 12.4 Å². The predicted molar refractivity (Wildman–Crippen MR) is 120 cm³/mol. The summed E-state index contributed by atoms with van der Waals surface area (Å²) in [7, 11) is 1.62. The lowest BCUT2D eigenvalue weighted by molar-refractivity contribution is 0.178. The number of para-hydroxylation sites is 1. The van der Waals surface area contributed by atoms with Crippen LogP contribution < -0.4 is 10.2 Å². The molecule has 1 aromatic carbocycles. The number of hydrogen-bond donors (Lipinski definition) is 1. The number of halogens is 1. The number of urea groups is 1. The Labute approximate surface area is 186 Å². The second-order valence-corrected chi connectivity index (χ2v) is 8.13. The summed E-state index contributed by atoms with van der Waals surface area (Å²) < 4.78 is 7.02. The van der Waals surface area contributed by atoms with Gasteiger partial charge in [-0.05, 0) is 26.0 Å². The third kappa shape index (κ3) is 4.42. The van der Waals surface area contributed by atoms with Gasteiger partial charge >= 0.3 is 6.03 Å². The smallest absolute Gasteiger partial charge is 0.317 e. The van der Waals surface area contributed by atoms with Crippen LogP contribution in [0.25, 0.3) is 16.7 Å². The largest absolute Gasteiger partial charge is 0.377 e. The summed E-state index contributed by atoms with van der Waals surface area (Å²) in [5.74, 6) is 1.36. The van der Waals surface area contributed by atoms with Crippen molar-refractivity contribution < 1.29 is 9.53 Å². The fourth-order valence-corrected chi connectivity index (χ4v) is 3.85. The predicted octanol–water partition coefficient (Wildman–Crippen LogP) is 2.86. The first-order chi connectivity index (χ1) is 15.0. The molecule has 1 aliphatic rings. The average Bonchev–Trinajstić information content (AvgIpc) is 3.17. The van der Waals surface area contributed by atoms with Crippen LogP contribution in [0.1, 0.15) is 19.7 Å². The maximum atomic E-state index is 12.3. The van der Waals surface area contributed by atoms with Gasteiger partial charge in [0.25, 0.3) is 0 Å². The number of anilines is 1. The quantitative estimate of drug-likeness (QED) is 0.652. The number of aromatic nitrogens is 4. The van der Waals surface area contributed by atoms with Crippen LogP contribution in [0.4, 0.5) is 10.6 Å². The number of piperazine rings is 1. The van der Waals surface area contributed by atoms with Gasteiger partial charge in [0, 0.05) is 39.3 Å². The van der Waals surface area contributed by atoms with E-state index in [0.29, 0.717) is 42.7 Å². The Bertz CT molecular complexity index is 1080. The van der Waals surface area contributed by atoms with Crippen molar-refractivity contribution >= 4 is 34.5 Å². The maximum absolute atomic E-state index is 12.3. The summed E-state index contributed by atoms with van der Waals surface area (Å²) in [6, 6.07) is 7.59. The van der Waals surface area contributed by atoms with Crippen molar-refractivity contribution in [3.63, 3.8) is 0 Å². The van der Waals surface area contributed by atoms with Crippen LogP contribution in [0, 0.1) is 0 Å². The fraction of sp³-hybridized carbons (Fsp3) is 0.429. The molecule has 0 atom stereocenters. The van der Waals surface area contributed by atoms with Gasteiger partial charge in [-0.2, -0.15) is 5.10 Å². The Morgan fingerprint density at radius 2 is 1.94 bits per heavy atom. The number of nitrogens with one attached hydrogen (secondary N) is 1. The van der Waals surface area contributed by atoms with Crippen LogP contribution in [0.5, 0.6) is 0 Å². The highest BCUT2D eigenvalue weighted by Crippen LogP contribution is 2.29. The zero-order valence-corrected chi connectivity index (χ0v) is 18.6. The Morgan fingerprint density at radius 1 is 1.19 bits per heavy atom. The van der Waals surface area contributed by atoms with Crippen molar-refractivity contribution in [2.45, 2.75) is 26.5 Å². The van der Waals surface area contributed by atoms with Crippen molar-refractivity contribution in [3.8, 4) is 5.69 Å². The molecular formula is C21H26ClN7O2. The Kier molecular flexibility index (Phi) is 6.24. The molecule has 0 spiro atoms. The number of benzene rings is 1. The summed E-state index contributed by atoms with van der Waals surface area (Å²) >= 11 is 6.40. The van der Waals surface area contributed by atoms with Crippen LogP contribution in [0.15, 0.2) is 30.5 Å². The van der Waals surface area contributed by atoms with E-state index in [1.165, 1.54) is 0 Å². The third-order valence-corrected chi connectivity index (χ3v) is 5.41. The van der Waals surface area contributed by atoms with Crippen LogP contribution in [0.2, 0.25) is 5.02 Å². The second-order valence-electron chi connectivity index (χ2n) is 7.72. The molecule has 1 fully saturated rings. The lowest BCUT2D eigenvalue weighted by atomic mass is 10.2. The molecule has 9 nitrogen and oxygen atoms in total. The van der Waals surface area contributed by atoms with E-state index in [1.54, 1.807) is 18.0 Å². The lowest BCUT2D eigenvalue weighted by Crippen LogP contribution is -2.53. The normalized spacial score (nSPS) is 14.5. The zero-order valence-electron chi connectivity index (χ0n) is 17.9. The van der Waals surface area contributed by atoms with Crippen molar-refractivity contribution in [2.24, 2.45) is 0 Å². The number of carbonyl (C=O) groups is 1. The number of methoxy groups -OCH3 is 1. The second kappa shape index (κ2) is 9.07. The molecular weight excluding hydrogens is 418 g/mol. The molecule has 31 heavy (non-hydrogen) atoms. The zero-order chi connectivity index (χ0) is 22.0. The first kappa shape index (κ1) is 21.3. The van der Waals surface area contributed by atoms with Crippen LogP contribution in [-0.4, -0.2) is 70.0 Å². The molecule has 1 saturated heterocycles. The standard InChI is InChI=1S/C21H26ClN7O2/c1-14(2)24-21(30)28-10-8-27(9-11-28)19-15-12-23-29(17-7-5-4-6-16(17)22)20(15)26-18(25-19)13-31-3/h4-7,12,14H,8-11,13H2,1-3H3,(H,24,30). The summed E-state index contributed by atoms with van der Waals surface area (Å²) in [6.07, 6.45) is 1.77. The summed E-state index contributed by atoms with van der Waals surface area (Å²) in [5.41, 5.74) is 1.42. The van der Waals surface area contributed by atoms with Crippen molar-refractivity contribution in [1.29, 1.82) is 0 Å². The van der Waals surface area contributed by atoms with E-state index in [1.807, 2.05) is 43.0 Å². The summed E-state index contributed by atoms with van der Waals surface area (Å²) in [5, 5.41) is 8.92. The van der Waals surface area contributed by atoms with Gasteiger partial charge in [0.05, 0.1) is 22.3 Å². The monoisotopic (exact) mass is 443 g/mol. The molecule has 10 heteroatoms. The molecule has 4 rings (SSSR count). The first-order valence-corrected chi connectivity index (χ1v) is 10.6. The van der Waals surface area contributed by atoms with E-state index in [4.69, 9.17) is 21.3 Å². The van der Waals surface area contributed by atoms with Crippen molar-refractivity contribution in [1.82, 2.24) is 30.0 Å². The summed E-state index contributed by atoms with van der Waals surface area (Å²) in [4.78, 5) is 25.7. The molecule has 0 saturated carbocycles. The Hall–Kier alpha value is -2.91. The van der Waals surface area contributed by atoms with Gasteiger partial charge in [-0.1, -0.05) is 23.7 Å². The van der Waals surface area contributed by atoms with E-state index < -0.39 is 0 Å². The number of amides is 2. The van der Waals surface area contributed by atoms with Crippen LogP contribution in [0.3, 0.4) is 0 Å². The van der Waals surface area contributed by atoms with Crippen LogP contribution >= 0.6 is 11.6 Å². The van der Waals surface area contributed by atoms with Crippen LogP contribution in [-0.2, 0) is 11.3 Å². The fourth-order valence-electron chi connectivity index (χ4n) is 3.63. The molecule has 1 aliphatic heterocycles. The molecule has 164 valence electrons. The van der Waals surface area contributed by atoms with Crippen molar-refractivity contribution in [3.05, 3.63) is 41.3 Å². The van der Waals surface area contributed by atoms with Gasteiger partial charge in [-0.25, -0.2) is 19.4 Å². The van der Waals surface area contributed by atoms with E-state index in [2.05, 4.69) is 20.3 Å². The van der Waals surface area contributed by atoms with Gasteiger partial charge in [-0.3, -0.25) is 0 Å². The highest BCUT2D eigenvalue weighted by atomic mass is 35.5. The number of rotatable bonds is 5. The number of hydrogen-bond acceptors (Lipinski definition) is 6. The summed E-state index contributed by atoms with van der Waals surface area (Å²) in [6.45, 7) is 6.76. The molecule has 3 heterocycles. The Balaban J connectivity index is 1.67. The third-order valence-electron chi connectivity index (χ3n) is 5.09. The molecule has 0 aliphatic carbocycles. The van der Waals surface area contributed by atoms with Gasteiger partial charge in [0.2, 0.25) is 0 Å². The highest BCUT2D eigenvalue weighted by molar-refractivity contribution is 6.32. The topological polar surface area (TPSA) is 88.4 Å². The Morgan fingerprint density at radius 3 is 2.61 bits per heavy atom. The minimum absolute atomic E-state index is 0.0332. The molecule has 2 aromatic heterocycles. The lowest BCUT2D eigenvalue weighted by Gasteiger charge is -2.36. The highest BCUT2D eigenvalue weighted by Gasteiger charge is 2.25. The van der Waals surface area contributed by atoms with Gasteiger partial charge in [-0.15, -0.1) is 0 Å². The maximum Gasteiger partial charge on any atom is 0.317 e. The number of nitrogens with zero attached hydrogens (tertiary/aromatic N) is 6. The molecule has 2 amide bonds. The molecule has 1 N–H and O–H groups in total. The number of carbonyl (C=O) groups excluding carboxylic acids is 1. The van der Waals surface area contributed by atoms with Gasteiger partial charge < -0.3 is 19.9 Å².